The van der Waals surface area contributed by atoms with Crippen LogP contribution in [0.25, 0.3) is 0 Å². The van der Waals surface area contributed by atoms with Crippen LogP contribution in [0, 0.1) is 5.92 Å². The number of carboxylic acids is 1. The molecule has 0 spiro atoms. The van der Waals surface area contributed by atoms with Crippen molar-refractivity contribution >= 4 is 23.5 Å². The second kappa shape index (κ2) is 8.43. The number of nitrogens with one attached hydrogen (secondary N) is 1. The van der Waals surface area contributed by atoms with Gasteiger partial charge in [0.1, 0.15) is 5.75 Å². The predicted molar refractivity (Wildman–Crippen MR) is 76.0 cm³/mol. The Morgan fingerprint density at radius 1 is 1.40 bits per heavy atom. The Labute approximate surface area is 122 Å². The summed E-state index contributed by atoms with van der Waals surface area (Å²) in [5.41, 5.74) is 0. The van der Waals surface area contributed by atoms with E-state index in [0.29, 0.717) is 23.7 Å². The van der Waals surface area contributed by atoms with Crippen LogP contribution < -0.4 is 10.1 Å². The predicted octanol–water partition coefficient (Wildman–Crippen LogP) is 2.34. The van der Waals surface area contributed by atoms with Crippen molar-refractivity contribution in [3.63, 3.8) is 0 Å². The monoisotopic (exact) mass is 299 g/mol. The van der Waals surface area contributed by atoms with Crippen LogP contribution >= 0.6 is 11.6 Å². The Hall–Kier alpha value is -1.75. The number of carboxylic acid groups (broad SMARTS) is 1. The van der Waals surface area contributed by atoms with Crippen LogP contribution in [0.1, 0.15) is 19.8 Å². The van der Waals surface area contributed by atoms with E-state index in [1.807, 2.05) is 0 Å². The molecule has 6 heteroatoms. The van der Waals surface area contributed by atoms with Gasteiger partial charge < -0.3 is 15.2 Å². The fourth-order valence-corrected chi connectivity index (χ4v) is 1.65. The number of benzene rings is 1. The van der Waals surface area contributed by atoms with Crippen LogP contribution in [-0.2, 0) is 9.59 Å². The van der Waals surface area contributed by atoms with Gasteiger partial charge in [-0.1, -0.05) is 30.7 Å². The minimum Gasteiger partial charge on any atom is -0.491 e. The van der Waals surface area contributed by atoms with Gasteiger partial charge in [0.15, 0.2) is 0 Å². The molecule has 0 aliphatic heterocycles. The highest BCUT2D eigenvalue weighted by atomic mass is 35.5. The van der Waals surface area contributed by atoms with E-state index in [1.165, 1.54) is 0 Å². The molecule has 0 aliphatic rings. The zero-order valence-corrected chi connectivity index (χ0v) is 12.0. The van der Waals surface area contributed by atoms with Crippen molar-refractivity contribution in [1.82, 2.24) is 5.32 Å². The molecule has 0 heterocycles. The zero-order chi connectivity index (χ0) is 15.0. The third-order valence-corrected chi connectivity index (χ3v) is 3.06. The topological polar surface area (TPSA) is 75.6 Å². The van der Waals surface area contributed by atoms with Gasteiger partial charge in [-0.25, -0.2) is 0 Å². The normalized spacial score (nSPS) is 11.7. The maximum Gasteiger partial charge on any atom is 0.306 e. The summed E-state index contributed by atoms with van der Waals surface area (Å²) in [5, 5.41) is 11.9. The molecule has 1 unspecified atom stereocenters. The Balaban J connectivity index is 2.18. The van der Waals surface area contributed by atoms with E-state index < -0.39 is 11.9 Å². The lowest BCUT2D eigenvalue weighted by molar-refractivity contribution is -0.141. The summed E-state index contributed by atoms with van der Waals surface area (Å²) in [6.45, 7) is 2.18. The molecule has 0 saturated carbocycles. The van der Waals surface area contributed by atoms with Crippen LogP contribution in [0.15, 0.2) is 24.3 Å². The van der Waals surface area contributed by atoms with Gasteiger partial charge in [0.25, 0.3) is 0 Å². The third kappa shape index (κ3) is 5.93. The maximum atomic E-state index is 11.5. The number of carbonyl (C=O) groups excluding carboxylic acids is 1. The van der Waals surface area contributed by atoms with Crippen molar-refractivity contribution in [2.24, 2.45) is 5.92 Å². The number of aliphatic carboxylic acids is 1. The van der Waals surface area contributed by atoms with Crippen LogP contribution in [0.4, 0.5) is 0 Å². The number of hydrogen-bond acceptors (Lipinski definition) is 3. The number of para-hydroxylation sites is 1. The van der Waals surface area contributed by atoms with Gasteiger partial charge in [0.05, 0.1) is 24.0 Å². The second-order valence-electron chi connectivity index (χ2n) is 4.41. The fraction of sp³-hybridized carbons (Fsp3) is 0.429. The van der Waals surface area contributed by atoms with E-state index in [0.717, 1.165) is 0 Å². The molecule has 5 nitrogen and oxygen atoms in total. The first-order valence-electron chi connectivity index (χ1n) is 6.37. The molecule has 0 bridgehead atoms. The molecule has 0 fully saturated rings. The lowest BCUT2D eigenvalue weighted by Gasteiger charge is -2.09. The Kier molecular flexibility index (Phi) is 6.87. The Bertz CT molecular complexity index is 464. The summed E-state index contributed by atoms with van der Waals surface area (Å²) >= 11 is 5.91. The molecule has 1 aromatic rings. The minimum absolute atomic E-state index is 0.172. The molecule has 0 radical (unpaired) electrons. The standard InChI is InChI=1S/C14H18ClNO4/c1-10(14(18)19)6-8-16-13(17)7-9-20-12-5-3-2-4-11(12)15/h2-5,10H,6-9H2,1H3,(H,16,17)(H,18,19). The molecule has 1 aromatic carbocycles. The van der Waals surface area contributed by atoms with E-state index in [1.54, 1.807) is 31.2 Å². The molecule has 0 aliphatic carbocycles. The van der Waals surface area contributed by atoms with Crippen LogP contribution in [0.3, 0.4) is 0 Å². The Morgan fingerprint density at radius 3 is 2.75 bits per heavy atom. The number of carbonyl (C=O) groups is 2. The van der Waals surface area contributed by atoms with Gasteiger partial charge in [-0.3, -0.25) is 9.59 Å². The highest BCUT2D eigenvalue weighted by Gasteiger charge is 2.11. The number of ether oxygens (including phenoxy) is 1. The smallest absolute Gasteiger partial charge is 0.306 e. The molecule has 2 N–H and O–H groups in total. The van der Waals surface area contributed by atoms with E-state index in [4.69, 9.17) is 21.4 Å². The first kappa shape index (κ1) is 16.3. The Morgan fingerprint density at radius 2 is 2.10 bits per heavy atom. The number of amides is 1. The maximum absolute atomic E-state index is 11.5. The first-order valence-corrected chi connectivity index (χ1v) is 6.75. The molecule has 1 atom stereocenters. The van der Waals surface area contributed by atoms with Crippen molar-refractivity contribution in [1.29, 1.82) is 0 Å². The largest absolute Gasteiger partial charge is 0.491 e. The summed E-state index contributed by atoms with van der Waals surface area (Å²) in [7, 11) is 0. The summed E-state index contributed by atoms with van der Waals surface area (Å²) < 4.78 is 5.39. The van der Waals surface area contributed by atoms with Crippen molar-refractivity contribution < 1.29 is 19.4 Å². The lowest BCUT2D eigenvalue weighted by Crippen LogP contribution is -2.28. The van der Waals surface area contributed by atoms with Gasteiger partial charge in [-0.15, -0.1) is 0 Å². The van der Waals surface area contributed by atoms with Crippen molar-refractivity contribution in [3.8, 4) is 5.75 Å². The highest BCUT2D eigenvalue weighted by molar-refractivity contribution is 6.32. The number of hydrogen-bond donors (Lipinski definition) is 2. The second-order valence-corrected chi connectivity index (χ2v) is 4.81. The van der Waals surface area contributed by atoms with Crippen LogP contribution in [-0.4, -0.2) is 30.1 Å². The van der Waals surface area contributed by atoms with E-state index in [2.05, 4.69) is 5.32 Å². The SMILES string of the molecule is CC(CCNC(=O)CCOc1ccccc1Cl)C(=O)O. The summed E-state index contributed by atoms with van der Waals surface area (Å²) in [5.74, 6) is -0.952. The van der Waals surface area contributed by atoms with Gasteiger partial charge >= 0.3 is 5.97 Å². The molecule has 110 valence electrons. The van der Waals surface area contributed by atoms with E-state index in [9.17, 15) is 9.59 Å². The molecule has 1 amide bonds. The molecular weight excluding hydrogens is 282 g/mol. The van der Waals surface area contributed by atoms with Crippen molar-refractivity contribution in [2.75, 3.05) is 13.2 Å². The summed E-state index contributed by atoms with van der Waals surface area (Å²) in [4.78, 5) is 22.1. The van der Waals surface area contributed by atoms with Crippen molar-refractivity contribution in [2.45, 2.75) is 19.8 Å². The van der Waals surface area contributed by atoms with E-state index in [-0.39, 0.29) is 18.9 Å². The number of rotatable bonds is 8. The molecular formula is C14H18ClNO4. The molecule has 20 heavy (non-hydrogen) atoms. The van der Waals surface area contributed by atoms with Crippen LogP contribution in [0.5, 0.6) is 5.75 Å². The van der Waals surface area contributed by atoms with Gasteiger partial charge in [0.2, 0.25) is 5.91 Å². The summed E-state index contributed by atoms with van der Waals surface area (Å²) in [6.07, 6.45) is 0.610. The molecule has 0 aromatic heterocycles. The zero-order valence-electron chi connectivity index (χ0n) is 11.3. The lowest BCUT2D eigenvalue weighted by atomic mass is 10.1. The quantitative estimate of drug-likeness (QED) is 0.772. The highest BCUT2D eigenvalue weighted by Crippen LogP contribution is 2.22. The van der Waals surface area contributed by atoms with Gasteiger partial charge in [-0.05, 0) is 18.6 Å². The molecule has 1 rings (SSSR count). The van der Waals surface area contributed by atoms with Crippen molar-refractivity contribution in [3.05, 3.63) is 29.3 Å². The van der Waals surface area contributed by atoms with Crippen LogP contribution in [0.2, 0.25) is 5.02 Å². The third-order valence-electron chi connectivity index (χ3n) is 2.74. The van der Waals surface area contributed by atoms with Gasteiger partial charge in [-0.2, -0.15) is 0 Å². The molecule has 0 saturated heterocycles. The fourth-order valence-electron chi connectivity index (χ4n) is 1.46. The first-order chi connectivity index (χ1) is 9.50. The average Bonchev–Trinajstić information content (AvgIpc) is 2.40. The average molecular weight is 300 g/mol. The number of halogens is 1. The summed E-state index contributed by atoms with van der Waals surface area (Å²) in [6, 6.07) is 7.04. The van der Waals surface area contributed by atoms with Gasteiger partial charge in [0, 0.05) is 6.54 Å². The van der Waals surface area contributed by atoms with E-state index >= 15 is 0 Å². The minimum atomic E-state index is -0.860.